The minimum Gasteiger partial charge on any atom is -0.481 e. The largest absolute Gasteiger partial charge is 0.481 e. The maximum Gasteiger partial charge on any atom is 0.313 e. The van der Waals surface area contributed by atoms with Crippen molar-refractivity contribution in [2.45, 2.75) is 36.5 Å². The molecule has 106 valence electrons. The molecule has 1 aliphatic rings. The predicted octanol–water partition coefficient (Wildman–Crippen LogP) is 0.521. The summed E-state index contributed by atoms with van der Waals surface area (Å²) in [6.07, 6.45) is 3.43. The first kappa shape index (κ1) is 14.1. The normalized spacial score (nSPS) is 17.4. The monoisotopic (exact) mass is 285 g/mol. The molecule has 1 heterocycles. The number of nitrogens with two attached hydrogens (primary N) is 1. The predicted molar refractivity (Wildman–Crippen MR) is 73.1 cm³/mol. The van der Waals surface area contributed by atoms with Crippen LogP contribution in [0.25, 0.3) is 0 Å². The number of hydrogen-bond acceptors (Lipinski definition) is 6. The number of rotatable bonds is 6. The number of nitrogen functional groups attached to an aromatic ring is 1. The third kappa shape index (κ3) is 2.84. The van der Waals surface area contributed by atoms with Crippen molar-refractivity contribution in [1.29, 1.82) is 0 Å². The van der Waals surface area contributed by atoms with E-state index in [1.54, 1.807) is 0 Å². The van der Waals surface area contributed by atoms with E-state index < -0.39 is 5.97 Å². The lowest BCUT2D eigenvalue weighted by atomic mass is 9.75. The van der Waals surface area contributed by atoms with Crippen LogP contribution in [0.1, 0.15) is 19.3 Å². The summed E-state index contributed by atoms with van der Waals surface area (Å²) in [4.78, 5) is 12.8. The van der Waals surface area contributed by atoms with Gasteiger partial charge >= 0.3 is 5.97 Å². The van der Waals surface area contributed by atoms with Gasteiger partial charge in [0.05, 0.1) is 5.75 Å². The summed E-state index contributed by atoms with van der Waals surface area (Å²) in [6.45, 7) is 0.709. The fourth-order valence-corrected chi connectivity index (χ4v) is 2.97. The Hall–Kier alpha value is -1.28. The van der Waals surface area contributed by atoms with Crippen molar-refractivity contribution in [3.63, 3.8) is 0 Å². The minimum absolute atomic E-state index is 0.0346. The lowest BCUT2D eigenvalue weighted by Crippen LogP contribution is -2.53. The highest BCUT2D eigenvalue weighted by atomic mass is 32.2. The number of carboxylic acid groups (broad SMARTS) is 1. The van der Waals surface area contributed by atoms with E-state index in [9.17, 15) is 4.79 Å². The molecule has 0 amide bonds. The van der Waals surface area contributed by atoms with Crippen LogP contribution in [-0.2, 0) is 11.3 Å². The van der Waals surface area contributed by atoms with E-state index in [-0.39, 0.29) is 11.3 Å². The van der Waals surface area contributed by atoms with Crippen LogP contribution in [0, 0.1) is 0 Å². The summed E-state index contributed by atoms with van der Waals surface area (Å²) in [5, 5.41) is 17.1. The molecular weight excluding hydrogens is 266 g/mol. The van der Waals surface area contributed by atoms with Crippen molar-refractivity contribution < 1.29 is 9.90 Å². The van der Waals surface area contributed by atoms with Gasteiger partial charge in [-0.3, -0.25) is 9.36 Å². The molecule has 1 aromatic rings. The van der Waals surface area contributed by atoms with E-state index in [2.05, 4.69) is 29.2 Å². The van der Waals surface area contributed by atoms with Crippen LogP contribution in [-0.4, -0.2) is 56.1 Å². The molecule has 1 saturated carbocycles. The zero-order valence-electron chi connectivity index (χ0n) is 11.2. The maximum absolute atomic E-state index is 10.6. The Morgan fingerprint density at radius 2 is 2.21 bits per heavy atom. The summed E-state index contributed by atoms with van der Waals surface area (Å²) < 4.78 is 1.83. The quantitative estimate of drug-likeness (QED) is 0.735. The molecule has 3 N–H and O–H groups in total. The molecule has 0 spiro atoms. The maximum atomic E-state index is 10.6. The molecule has 1 aliphatic carbocycles. The molecule has 19 heavy (non-hydrogen) atoms. The zero-order valence-corrected chi connectivity index (χ0v) is 12.0. The Bertz CT molecular complexity index is 470. The second-order valence-electron chi connectivity index (χ2n) is 5.08. The lowest BCUT2D eigenvalue weighted by Gasteiger charge is -2.47. The minimum atomic E-state index is -0.871. The highest BCUT2D eigenvalue weighted by Gasteiger charge is 2.40. The Kier molecular flexibility index (Phi) is 4.00. The lowest BCUT2D eigenvalue weighted by molar-refractivity contribution is -0.133. The fourth-order valence-electron chi connectivity index (χ4n) is 2.31. The standard InChI is InChI=1S/C11H19N5O2S/c1-15(2)11(4-3-5-11)7-16-9(12)13-14-10(16)19-6-8(17)18/h3-7H2,1-2H3,(H2,12,13)(H,17,18). The van der Waals surface area contributed by atoms with Gasteiger partial charge in [0.15, 0.2) is 5.16 Å². The Morgan fingerprint density at radius 1 is 1.53 bits per heavy atom. The van der Waals surface area contributed by atoms with Crippen LogP contribution in [0.3, 0.4) is 0 Å². The van der Waals surface area contributed by atoms with Crippen molar-refractivity contribution in [1.82, 2.24) is 19.7 Å². The van der Waals surface area contributed by atoms with Gasteiger partial charge in [-0.1, -0.05) is 11.8 Å². The number of likely N-dealkylation sites (N-methyl/N-ethyl adjacent to an activating group) is 1. The second kappa shape index (κ2) is 5.38. The van der Waals surface area contributed by atoms with Gasteiger partial charge < -0.3 is 15.7 Å². The molecule has 1 fully saturated rings. The molecule has 0 radical (unpaired) electrons. The van der Waals surface area contributed by atoms with Crippen molar-refractivity contribution >= 4 is 23.7 Å². The first-order chi connectivity index (χ1) is 8.94. The number of anilines is 1. The van der Waals surface area contributed by atoms with Crippen molar-refractivity contribution in [3.8, 4) is 0 Å². The van der Waals surface area contributed by atoms with Crippen molar-refractivity contribution in [2.24, 2.45) is 0 Å². The van der Waals surface area contributed by atoms with Gasteiger partial charge in [0, 0.05) is 12.1 Å². The van der Waals surface area contributed by atoms with Gasteiger partial charge in [0.1, 0.15) is 0 Å². The van der Waals surface area contributed by atoms with Gasteiger partial charge in [-0.2, -0.15) is 0 Å². The Morgan fingerprint density at radius 3 is 2.68 bits per heavy atom. The van der Waals surface area contributed by atoms with Gasteiger partial charge in [-0.05, 0) is 33.4 Å². The molecular formula is C11H19N5O2S. The number of aliphatic carboxylic acids is 1. The first-order valence-corrected chi connectivity index (χ1v) is 7.14. The first-order valence-electron chi connectivity index (χ1n) is 6.15. The van der Waals surface area contributed by atoms with Crippen LogP contribution in [0.15, 0.2) is 5.16 Å². The molecule has 0 aliphatic heterocycles. The molecule has 1 aromatic heterocycles. The molecule has 7 nitrogen and oxygen atoms in total. The third-order valence-corrected chi connectivity index (χ3v) is 4.71. The van der Waals surface area contributed by atoms with Crippen LogP contribution < -0.4 is 5.73 Å². The van der Waals surface area contributed by atoms with Gasteiger partial charge in [0.25, 0.3) is 0 Å². The summed E-state index contributed by atoms with van der Waals surface area (Å²) in [5.41, 5.74) is 5.94. The van der Waals surface area contributed by atoms with Crippen LogP contribution in [0.2, 0.25) is 0 Å². The van der Waals surface area contributed by atoms with Crippen LogP contribution in [0.5, 0.6) is 0 Å². The zero-order chi connectivity index (χ0) is 14.0. The highest BCUT2D eigenvalue weighted by molar-refractivity contribution is 7.99. The second-order valence-corrected chi connectivity index (χ2v) is 6.02. The highest BCUT2D eigenvalue weighted by Crippen LogP contribution is 2.38. The smallest absolute Gasteiger partial charge is 0.313 e. The number of hydrogen-bond donors (Lipinski definition) is 2. The number of aromatic nitrogens is 3. The fraction of sp³-hybridized carbons (Fsp3) is 0.727. The summed E-state index contributed by atoms with van der Waals surface area (Å²) in [5.74, 6) is -0.558. The molecule has 0 unspecified atom stereocenters. The van der Waals surface area contributed by atoms with E-state index >= 15 is 0 Å². The summed E-state index contributed by atoms with van der Waals surface area (Å²) >= 11 is 1.15. The van der Waals surface area contributed by atoms with Crippen molar-refractivity contribution in [2.75, 3.05) is 25.6 Å². The van der Waals surface area contributed by atoms with Gasteiger partial charge in [-0.15, -0.1) is 10.2 Å². The molecule has 8 heteroatoms. The van der Waals surface area contributed by atoms with E-state index in [0.29, 0.717) is 17.6 Å². The average molecular weight is 285 g/mol. The molecule has 0 atom stereocenters. The van der Waals surface area contributed by atoms with Crippen LogP contribution in [0.4, 0.5) is 5.95 Å². The summed E-state index contributed by atoms with van der Waals surface area (Å²) in [6, 6.07) is 0. The van der Waals surface area contributed by atoms with E-state index in [1.165, 1.54) is 6.42 Å². The SMILES string of the molecule is CN(C)C1(Cn2c(N)nnc2SCC(=O)O)CCC1. The number of nitrogens with zero attached hydrogens (tertiary/aromatic N) is 4. The Labute approximate surface area is 116 Å². The average Bonchev–Trinajstić information content (AvgIpc) is 2.61. The van der Waals surface area contributed by atoms with Crippen LogP contribution >= 0.6 is 11.8 Å². The topological polar surface area (TPSA) is 97.3 Å². The molecule has 0 aromatic carbocycles. The van der Waals surface area contributed by atoms with E-state index in [4.69, 9.17) is 10.8 Å². The molecule has 2 rings (SSSR count). The number of thioether (sulfide) groups is 1. The summed E-state index contributed by atoms with van der Waals surface area (Å²) in [7, 11) is 4.12. The van der Waals surface area contributed by atoms with Gasteiger partial charge in [0.2, 0.25) is 5.95 Å². The number of carbonyl (C=O) groups is 1. The van der Waals surface area contributed by atoms with Crippen molar-refractivity contribution in [3.05, 3.63) is 0 Å². The third-order valence-electron chi connectivity index (χ3n) is 3.76. The van der Waals surface area contributed by atoms with Gasteiger partial charge in [-0.25, -0.2) is 0 Å². The molecule has 0 bridgehead atoms. The van der Waals surface area contributed by atoms with E-state index in [1.807, 2.05) is 4.57 Å². The Balaban J connectivity index is 2.15. The molecule has 0 saturated heterocycles. The number of carboxylic acids is 1. The van der Waals surface area contributed by atoms with E-state index in [0.717, 1.165) is 24.6 Å².